The molecule has 0 unspecified atom stereocenters. The first-order valence-electron chi connectivity index (χ1n) is 6.73. The lowest BCUT2D eigenvalue weighted by molar-refractivity contribution is 0.804. The summed E-state index contributed by atoms with van der Waals surface area (Å²) in [4.78, 5) is 0. The molecule has 0 aromatic heterocycles. The van der Waals surface area contributed by atoms with Crippen LogP contribution in [0.25, 0.3) is 0 Å². The SMILES string of the molecule is C=C.Cc1ccc(CCC/C=N/SC(C)(C)C)cc1. The molecule has 0 aliphatic carbocycles. The molecule has 0 heterocycles. The lowest BCUT2D eigenvalue weighted by Crippen LogP contribution is -2.04. The largest absolute Gasteiger partial charge is 0.228 e. The van der Waals surface area contributed by atoms with Gasteiger partial charge in [0.2, 0.25) is 0 Å². The van der Waals surface area contributed by atoms with E-state index in [4.69, 9.17) is 0 Å². The molecule has 0 atom stereocenters. The van der Waals surface area contributed by atoms with E-state index in [0.29, 0.717) is 0 Å². The standard InChI is InChI=1S/C15H23NS.C2H4/c1-13-8-10-14(11-9-13)7-5-6-12-16-17-15(2,3)4;1-2/h8-12H,5-7H2,1-4H3;1-2H2/b16-12+;. The summed E-state index contributed by atoms with van der Waals surface area (Å²) in [6, 6.07) is 8.80. The Hall–Kier alpha value is -1.02. The van der Waals surface area contributed by atoms with Crippen LogP contribution < -0.4 is 0 Å². The number of hydrogen-bond donors (Lipinski definition) is 0. The van der Waals surface area contributed by atoms with Gasteiger partial charge in [-0.1, -0.05) is 29.8 Å². The molecular weight excluding hydrogens is 250 g/mol. The van der Waals surface area contributed by atoms with Gasteiger partial charge in [-0.25, -0.2) is 4.40 Å². The molecule has 1 rings (SSSR count). The quantitative estimate of drug-likeness (QED) is 0.294. The molecule has 1 nitrogen and oxygen atoms in total. The Morgan fingerprint density at radius 3 is 2.26 bits per heavy atom. The molecule has 0 N–H and O–H groups in total. The molecule has 0 saturated heterocycles. The van der Waals surface area contributed by atoms with Gasteiger partial charge in [0, 0.05) is 11.0 Å². The van der Waals surface area contributed by atoms with Crippen molar-refractivity contribution in [1.29, 1.82) is 0 Å². The van der Waals surface area contributed by atoms with Gasteiger partial charge >= 0.3 is 0 Å². The highest BCUT2D eigenvalue weighted by molar-refractivity contribution is 7.99. The maximum Gasteiger partial charge on any atom is 0.0294 e. The molecule has 0 bridgehead atoms. The van der Waals surface area contributed by atoms with E-state index in [9.17, 15) is 0 Å². The second-order valence-corrected chi connectivity index (χ2v) is 6.99. The average Bonchev–Trinajstić information content (AvgIpc) is 2.37. The van der Waals surface area contributed by atoms with Crippen LogP contribution in [-0.2, 0) is 6.42 Å². The van der Waals surface area contributed by atoms with Crippen LogP contribution in [0.1, 0.15) is 44.7 Å². The smallest absolute Gasteiger partial charge is 0.0294 e. The summed E-state index contributed by atoms with van der Waals surface area (Å²) in [7, 11) is 0. The summed E-state index contributed by atoms with van der Waals surface area (Å²) in [5.74, 6) is 0. The maximum atomic E-state index is 4.38. The monoisotopic (exact) mass is 277 g/mol. The van der Waals surface area contributed by atoms with Crippen LogP contribution in [0.5, 0.6) is 0 Å². The van der Waals surface area contributed by atoms with Crippen molar-refractivity contribution >= 4 is 18.2 Å². The lowest BCUT2D eigenvalue weighted by Gasteiger charge is -2.12. The zero-order valence-corrected chi connectivity index (χ0v) is 13.6. The lowest BCUT2D eigenvalue weighted by atomic mass is 10.1. The highest BCUT2D eigenvalue weighted by Gasteiger charge is 2.08. The van der Waals surface area contributed by atoms with E-state index in [-0.39, 0.29) is 4.75 Å². The first-order valence-corrected chi connectivity index (χ1v) is 7.50. The van der Waals surface area contributed by atoms with Crippen molar-refractivity contribution in [3.05, 3.63) is 48.6 Å². The molecule has 0 spiro atoms. The van der Waals surface area contributed by atoms with E-state index in [0.717, 1.165) is 12.8 Å². The summed E-state index contributed by atoms with van der Waals surface area (Å²) >= 11 is 1.65. The molecule has 0 aliphatic heterocycles. The normalized spacial score (nSPS) is 11.2. The van der Waals surface area contributed by atoms with Gasteiger partial charge in [0.15, 0.2) is 0 Å². The van der Waals surface area contributed by atoms with Gasteiger partial charge in [-0.2, -0.15) is 0 Å². The summed E-state index contributed by atoms with van der Waals surface area (Å²) in [6.45, 7) is 14.7. The van der Waals surface area contributed by atoms with E-state index in [1.165, 1.54) is 17.5 Å². The summed E-state index contributed by atoms with van der Waals surface area (Å²) in [6.07, 6.45) is 5.44. The third-order valence-corrected chi connectivity index (χ3v) is 3.12. The van der Waals surface area contributed by atoms with Crippen LogP contribution in [0.4, 0.5) is 0 Å². The minimum atomic E-state index is 0.230. The molecule has 106 valence electrons. The van der Waals surface area contributed by atoms with Gasteiger partial charge in [0.05, 0.1) is 0 Å². The van der Waals surface area contributed by atoms with E-state index in [1.807, 2.05) is 6.21 Å². The second-order valence-electron chi connectivity index (χ2n) is 5.37. The highest BCUT2D eigenvalue weighted by atomic mass is 32.2. The fourth-order valence-electron chi connectivity index (χ4n) is 1.40. The van der Waals surface area contributed by atoms with Crippen LogP contribution >= 0.6 is 11.9 Å². The van der Waals surface area contributed by atoms with Crippen molar-refractivity contribution in [1.82, 2.24) is 0 Å². The van der Waals surface area contributed by atoms with Gasteiger partial charge in [0.25, 0.3) is 0 Å². The van der Waals surface area contributed by atoms with Crippen LogP contribution in [0.2, 0.25) is 0 Å². The molecule has 0 radical (unpaired) electrons. The minimum absolute atomic E-state index is 0.230. The number of rotatable bonds is 5. The number of hydrogen-bond acceptors (Lipinski definition) is 2. The fourth-order valence-corrected chi connectivity index (χ4v) is 1.90. The van der Waals surface area contributed by atoms with Crippen molar-refractivity contribution in [2.75, 3.05) is 0 Å². The van der Waals surface area contributed by atoms with E-state index < -0.39 is 0 Å². The van der Waals surface area contributed by atoms with Crippen LogP contribution in [0, 0.1) is 6.92 Å². The van der Waals surface area contributed by atoms with Crippen LogP contribution in [0.15, 0.2) is 41.8 Å². The molecule has 0 amide bonds. The predicted molar refractivity (Wildman–Crippen MR) is 91.2 cm³/mol. The highest BCUT2D eigenvalue weighted by Crippen LogP contribution is 2.23. The van der Waals surface area contributed by atoms with Gasteiger partial charge in [-0.3, -0.25) is 0 Å². The molecule has 0 fully saturated rings. The number of unbranched alkanes of at least 4 members (excludes halogenated alkanes) is 1. The van der Waals surface area contributed by atoms with Gasteiger partial charge < -0.3 is 0 Å². The van der Waals surface area contributed by atoms with Gasteiger partial charge in [-0.15, -0.1) is 13.2 Å². The molecule has 19 heavy (non-hydrogen) atoms. The average molecular weight is 277 g/mol. The van der Waals surface area contributed by atoms with E-state index in [2.05, 4.69) is 69.5 Å². The minimum Gasteiger partial charge on any atom is -0.228 e. The topological polar surface area (TPSA) is 12.4 Å². The molecule has 0 aliphatic rings. The molecular formula is C17H27NS. The fraction of sp³-hybridized carbons (Fsp3) is 0.471. The van der Waals surface area contributed by atoms with Crippen molar-refractivity contribution < 1.29 is 0 Å². The third-order valence-electron chi connectivity index (χ3n) is 2.32. The Morgan fingerprint density at radius 2 is 1.74 bits per heavy atom. The van der Waals surface area contributed by atoms with Crippen molar-refractivity contribution in [2.45, 2.75) is 51.7 Å². The Bertz CT molecular complexity index is 360. The first kappa shape index (κ1) is 18.0. The Balaban J connectivity index is 0.00000154. The zero-order valence-electron chi connectivity index (χ0n) is 12.8. The Labute approximate surface area is 123 Å². The molecule has 1 aromatic carbocycles. The first-order chi connectivity index (χ1) is 8.97. The van der Waals surface area contributed by atoms with Gasteiger partial charge in [-0.05, 0) is 64.5 Å². The van der Waals surface area contributed by atoms with Crippen molar-refractivity contribution in [3.8, 4) is 0 Å². The summed E-state index contributed by atoms with van der Waals surface area (Å²) in [5.41, 5.74) is 2.75. The number of aryl methyl sites for hydroxylation is 2. The van der Waals surface area contributed by atoms with E-state index >= 15 is 0 Å². The Kier molecular flexibility index (Phi) is 9.32. The second kappa shape index (κ2) is 9.85. The summed E-state index contributed by atoms with van der Waals surface area (Å²) in [5, 5.41) is 0. The number of benzene rings is 1. The molecule has 1 aromatic rings. The van der Waals surface area contributed by atoms with Gasteiger partial charge in [0.1, 0.15) is 0 Å². The maximum absolute atomic E-state index is 4.38. The van der Waals surface area contributed by atoms with Crippen LogP contribution in [-0.4, -0.2) is 11.0 Å². The third kappa shape index (κ3) is 10.6. The van der Waals surface area contributed by atoms with Crippen molar-refractivity contribution in [3.63, 3.8) is 0 Å². The molecule has 0 saturated carbocycles. The van der Waals surface area contributed by atoms with Crippen molar-refractivity contribution in [2.24, 2.45) is 4.40 Å². The molecule has 2 heteroatoms. The zero-order chi connectivity index (χ0) is 14.7. The number of nitrogens with zero attached hydrogens (tertiary/aromatic N) is 1. The summed E-state index contributed by atoms with van der Waals surface area (Å²) < 4.78 is 4.61. The Morgan fingerprint density at radius 1 is 1.16 bits per heavy atom. The van der Waals surface area contributed by atoms with E-state index in [1.54, 1.807) is 11.9 Å². The predicted octanol–water partition coefficient (Wildman–Crippen LogP) is 5.64. The van der Waals surface area contributed by atoms with Crippen LogP contribution in [0.3, 0.4) is 0 Å².